The van der Waals surface area contributed by atoms with E-state index in [1.165, 1.54) is 6.42 Å². The first kappa shape index (κ1) is 13.3. The van der Waals surface area contributed by atoms with E-state index in [1.807, 2.05) is 26.0 Å². The number of hydrogen-bond acceptors (Lipinski definition) is 4. The molecule has 4 nitrogen and oxygen atoms in total. The molecule has 0 radical (unpaired) electrons. The maximum atomic E-state index is 5.69. The zero-order valence-electron chi connectivity index (χ0n) is 11.2. The van der Waals surface area contributed by atoms with Crippen molar-refractivity contribution >= 4 is 0 Å². The molecule has 0 bridgehead atoms. The van der Waals surface area contributed by atoms with Crippen LogP contribution in [0.1, 0.15) is 32.3 Å². The van der Waals surface area contributed by atoms with Gasteiger partial charge in [-0.3, -0.25) is 0 Å². The minimum Gasteiger partial charge on any atom is -0.475 e. The Kier molecular flexibility index (Phi) is 4.96. The number of nitrogens with one attached hydrogen (secondary N) is 1. The molecular formula is C14H22N2O2. The SMILES string of the molecule is CC(C)Oc1ncccc1CNCC1CCCO1. The van der Waals surface area contributed by atoms with Crippen LogP contribution in [0.5, 0.6) is 5.88 Å². The summed E-state index contributed by atoms with van der Waals surface area (Å²) >= 11 is 0. The normalized spacial score (nSPS) is 19.4. The van der Waals surface area contributed by atoms with Gasteiger partial charge in [0.2, 0.25) is 5.88 Å². The number of pyridine rings is 1. The zero-order valence-corrected chi connectivity index (χ0v) is 11.2. The molecule has 100 valence electrons. The van der Waals surface area contributed by atoms with Crippen LogP contribution >= 0.6 is 0 Å². The van der Waals surface area contributed by atoms with E-state index in [0.717, 1.165) is 37.6 Å². The van der Waals surface area contributed by atoms with Crippen molar-refractivity contribution < 1.29 is 9.47 Å². The molecule has 1 aromatic heterocycles. The highest BCUT2D eigenvalue weighted by Gasteiger charge is 2.15. The largest absolute Gasteiger partial charge is 0.475 e. The van der Waals surface area contributed by atoms with Crippen LogP contribution in [0, 0.1) is 0 Å². The van der Waals surface area contributed by atoms with Crippen molar-refractivity contribution in [1.29, 1.82) is 0 Å². The van der Waals surface area contributed by atoms with Gasteiger partial charge in [0.15, 0.2) is 0 Å². The summed E-state index contributed by atoms with van der Waals surface area (Å²) in [6, 6.07) is 3.99. The molecule has 18 heavy (non-hydrogen) atoms. The first-order chi connectivity index (χ1) is 8.75. The Labute approximate surface area is 109 Å². The van der Waals surface area contributed by atoms with Gasteiger partial charge in [-0.15, -0.1) is 0 Å². The molecule has 0 aromatic carbocycles. The fraction of sp³-hybridized carbons (Fsp3) is 0.643. The Morgan fingerprint density at radius 1 is 1.56 bits per heavy atom. The van der Waals surface area contributed by atoms with Gasteiger partial charge >= 0.3 is 0 Å². The number of aromatic nitrogens is 1. The van der Waals surface area contributed by atoms with Crippen molar-refractivity contribution in [2.24, 2.45) is 0 Å². The molecule has 1 atom stereocenters. The molecule has 1 N–H and O–H groups in total. The van der Waals surface area contributed by atoms with Crippen LogP contribution in [0.4, 0.5) is 0 Å². The third-order valence-corrected chi connectivity index (χ3v) is 2.91. The Morgan fingerprint density at radius 3 is 3.17 bits per heavy atom. The van der Waals surface area contributed by atoms with Gasteiger partial charge in [-0.25, -0.2) is 4.98 Å². The van der Waals surface area contributed by atoms with E-state index >= 15 is 0 Å². The topological polar surface area (TPSA) is 43.4 Å². The summed E-state index contributed by atoms with van der Waals surface area (Å²) < 4.78 is 11.3. The average Bonchev–Trinajstić information content (AvgIpc) is 2.84. The monoisotopic (exact) mass is 250 g/mol. The number of hydrogen-bond donors (Lipinski definition) is 1. The van der Waals surface area contributed by atoms with Gasteiger partial charge in [-0.05, 0) is 32.8 Å². The van der Waals surface area contributed by atoms with Crippen LogP contribution < -0.4 is 10.1 Å². The maximum absolute atomic E-state index is 5.69. The molecule has 2 rings (SSSR count). The second-order valence-electron chi connectivity index (χ2n) is 4.90. The summed E-state index contributed by atoms with van der Waals surface area (Å²) in [5.41, 5.74) is 1.10. The van der Waals surface area contributed by atoms with Crippen LogP contribution in [0.25, 0.3) is 0 Å². The van der Waals surface area contributed by atoms with Crippen molar-refractivity contribution in [3.05, 3.63) is 23.9 Å². The summed E-state index contributed by atoms with van der Waals surface area (Å²) in [5.74, 6) is 0.729. The molecule has 0 spiro atoms. The predicted octanol–water partition coefficient (Wildman–Crippen LogP) is 2.14. The van der Waals surface area contributed by atoms with Crippen LogP contribution in [-0.2, 0) is 11.3 Å². The van der Waals surface area contributed by atoms with Crippen molar-refractivity contribution in [3.63, 3.8) is 0 Å². The molecule has 2 heterocycles. The lowest BCUT2D eigenvalue weighted by molar-refractivity contribution is 0.110. The summed E-state index contributed by atoms with van der Waals surface area (Å²) in [5, 5.41) is 3.41. The molecular weight excluding hydrogens is 228 g/mol. The second kappa shape index (κ2) is 6.71. The predicted molar refractivity (Wildman–Crippen MR) is 70.7 cm³/mol. The standard InChI is InChI=1S/C14H22N2O2/c1-11(2)18-14-12(5-3-7-16-14)9-15-10-13-6-4-8-17-13/h3,5,7,11,13,15H,4,6,8-10H2,1-2H3. The van der Waals surface area contributed by atoms with E-state index < -0.39 is 0 Å². The van der Waals surface area contributed by atoms with E-state index in [2.05, 4.69) is 10.3 Å². The summed E-state index contributed by atoms with van der Waals surface area (Å²) in [6.07, 6.45) is 4.63. The van der Waals surface area contributed by atoms with E-state index in [1.54, 1.807) is 6.20 Å². The summed E-state index contributed by atoms with van der Waals surface area (Å²) in [4.78, 5) is 4.28. The van der Waals surface area contributed by atoms with Crippen molar-refractivity contribution in [2.75, 3.05) is 13.2 Å². The zero-order chi connectivity index (χ0) is 12.8. The molecule has 0 amide bonds. The first-order valence-electron chi connectivity index (χ1n) is 6.68. The van der Waals surface area contributed by atoms with Crippen molar-refractivity contribution in [3.8, 4) is 5.88 Å². The van der Waals surface area contributed by atoms with Gasteiger partial charge in [0, 0.05) is 31.5 Å². The molecule has 0 aliphatic carbocycles. The maximum Gasteiger partial charge on any atom is 0.218 e. The highest BCUT2D eigenvalue weighted by atomic mass is 16.5. The molecule has 1 fully saturated rings. The molecule has 1 aliphatic rings. The molecule has 1 aliphatic heterocycles. The van der Waals surface area contributed by atoms with Gasteiger partial charge in [0.1, 0.15) is 0 Å². The smallest absolute Gasteiger partial charge is 0.218 e. The molecule has 1 aromatic rings. The number of nitrogens with zero attached hydrogens (tertiary/aromatic N) is 1. The lowest BCUT2D eigenvalue weighted by Crippen LogP contribution is -2.26. The van der Waals surface area contributed by atoms with E-state index in [-0.39, 0.29) is 6.10 Å². The van der Waals surface area contributed by atoms with Crippen molar-refractivity contribution in [1.82, 2.24) is 10.3 Å². The average molecular weight is 250 g/mol. The lowest BCUT2D eigenvalue weighted by Gasteiger charge is -2.14. The molecule has 0 saturated carbocycles. The summed E-state index contributed by atoms with van der Waals surface area (Å²) in [7, 11) is 0. The highest BCUT2D eigenvalue weighted by molar-refractivity contribution is 5.25. The quantitative estimate of drug-likeness (QED) is 0.840. The Morgan fingerprint density at radius 2 is 2.44 bits per heavy atom. The number of ether oxygens (including phenoxy) is 2. The van der Waals surface area contributed by atoms with Crippen molar-refractivity contribution in [2.45, 2.75) is 45.4 Å². The molecule has 1 unspecified atom stereocenters. The highest BCUT2D eigenvalue weighted by Crippen LogP contribution is 2.16. The number of rotatable bonds is 6. The minimum absolute atomic E-state index is 0.150. The first-order valence-corrected chi connectivity index (χ1v) is 6.68. The van der Waals surface area contributed by atoms with Gasteiger partial charge in [0.25, 0.3) is 0 Å². The second-order valence-corrected chi connectivity index (χ2v) is 4.90. The van der Waals surface area contributed by atoms with Crippen LogP contribution in [0.15, 0.2) is 18.3 Å². The van der Waals surface area contributed by atoms with Crippen LogP contribution in [0.2, 0.25) is 0 Å². The summed E-state index contributed by atoms with van der Waals surface area (Å²) in [6.45, 7) is 6.60. The van der Waals surface area contributed by atoms with Gasteiger partial charge in [0.05, 0.1) is 12.2 Å². The van der Waals surface area contributed by atoms with Crippen LogP contribution in [0.3, 0.4) is 0 Å². The van der Waals surface area contributed by atoms with E-state index in [4.69, 9.17) is 9.47 Å². The van der Waals surface area contributed by atoms with Gasteiger partial charge < -0.3 is 14.8 Å². The Balaban J connectivity index is 1.83. The fourth-order valence-electron chi connectivity index (χ4n) is 2.06. The third kappa shape index (κ3) is 3.96. The van der Waals surface area contributed by atoms with E-state index in [0.29, 0.717) is 6.10 Å². The molecule has 4 heteroatoms. The fourth-order valence-corrected chi connectivity index (χ4v) is 2.06. The lowest BCUT2D eigenvalue weighted by atomic mass is 10.2. The Bertz CT molecular complexity index is 363. The van der Waals surface area contributed by atoms with Crippen LogP contribution in [-0.4, -0.2) is 30.3 Å². The Hall–Kier alpha value is -1.13. The molecule has 1 saturated heterocycles. The minimum atomic E-state index is 0.150. The van der Waals surface area contributed by atoms with Gasteiger partial charge in [-0.1, -0.05) is 6.07 Å². The van der Waals surface area contributed by atoms with E-state index in [9.17, 15) is 0 Å². The third-order valence-electron chi connectivity index (χ3n) is 2.91. The van der Waals surface area contributed by atoms with Gasteiger partial charge in [-0.2, -0.15) is 0 Å².